The zero-order valence-corrected chi connectivity index (χ0v) is 12.5. The average molecular weight is 275 g/mol. The Morgan fingerprint density at radius 2 is 2.05 bits per heavy atom. The number of likely N-dealkylation sites (tertiary alicyclic amines) is 1. The van der Waals surface area contributed by atoms with Crippen molar-refractivity contribution in [2.75, 3.05) is 6.54 Å². The highest BCUT2D eigenvalue weighted by Crippen LogP contribution is 2.22. The van der Waals surface area contributed by atoms with Crippen molar-refractivity contribution in [3.05, 3.63) is 35.9 Å². The first kappa shape index (κ1) is 15.0. The summed E-state index contributed by atoms with van der Waals surface area (Å²) < 4.78 is 5.29. The van der Waals surface area contributed by atoms with Gasteiger partial charge in [0.25, 0.3) is 0 Å². The quantitative estimate of drug-likeness (QED) is 0.772. The molecule has 1 unspecified atom stereocenters. The van der Waals surface area contributed by atoms with Gasteiger partial charge in [-0.1, -0.05) is 36.8 Å². The molecule has 3 nitrogen and oxygen atoms in total. The molecule has 0 bridgehead atoms. The summed E-state index contributed by atoms with van der Waals surface area (Å²) in [7, 11) is 0. The zero-order chi connectivity index (χ0) is 14.4. The number of ether oxygens (including phenoxy) is 1. The van der Waals surface area contributed by atoms with Crippen molar-refractivity contribution >= 4 is 5.97 Å². The summed E-state index contributed by atoms with van der Waals surface area (Å²) in [5, 5.41) is 0. The van der Waals surface area contributed by atoms with Crippen molar-refractivity contribution in [1.29, 1.82) is 0 Å². The van der Waals surface area contributed by atoms with E-state index in [9.17, 15) is 4.79 Å². The third-order valence-corrected chi connectivity index (χ3v) is 3.75. The lowest BCUT2D eigenvalue weighted by atomic mass is 9.98. The van der Waals surface area contributed by atoms with Crippen molar-refractivity contribution in [3.63, 3.8) is 0 Å². The first-order chi connectivity index (χ1) is 9.65. The Bertz CT molecular complexity index is 416. The minimum atomic E-state index is -0.0649. The Morgan fingerprint density at radius 3 is 2.75 bits per heavy atom. The van der Waals surface area contributed by atoms with E-state index in [0.717, 1.165) is 19.5 Å². The number of hydrogen-bond donors (Lipinski definition) is 0. The van der Waals surface area contributed by atoms with Crippen LogP contribution < -0.4 is 0 Å². The summed E-state index contributed by atoms with van der Waals surface area (Å²) in [6.45, 7) is 5.82. The molecule has 0 aliphatic carbocycles. The second-order valence-corrected chi connectivity index (χ2v) is 5.85. The fourth-order valence-corrected chi connectivity index (χ4v) is 2.82. The number of carbonyl (C=O) groups excluding carboxylic acids is 1. The standard InChI is InChI=1S/C17H25NO2/c1-14(2)20-17(19)12-16-10-6-7-11-18(16)13-15-8-4-3-5-9-15/h3-5,8-9,14,16H,6-7,10-13H2,1-2H3. The molecule has 110 valence electrons. The summed E-state index contributed by atoms with van der Waals surface area (Å²) in [6.07, 6.45) is 4.03. The molecule has 0 N–H and O–H groups in total. The molecule has 1 aliphatic heterocycles. The van der Waals surface area contributed by atoms with Crippen LogP contribution >= 0.6 is 0 Å². The van der Waals surface area contributed by atoms with Crippen LogP contribution in [0.4, 0.5) is 0 Å². The van der Waals surface area contributed by atoms with E-state index < -0.39 is 0 Å². The maximum absolute atomic E-state index is 11.9. The molecule has 1 fully saturated rings. The fourth-order valence-electron chi connectivity index (χ4n) is 2.82. The molecule has 1 aliphatic rings. The molecule has 1 aromatic carbocycles. The minimum absolute atomic E-state index is 0.0198. The summed E-state index contributed by atoms with van der Waals surface area (Å²) >= 11 is 0. The second-order valence-electron chi connectivity index (χ2n) is 5.85. The lowest BCUT2D eigenvalue weighted by Crippen LogP contribution is -2.40. The van der Waals surface area contributed by atoms with Gasteiger partial charge < -0.3 is 4.74 Å². The molecular formula is C17H25NO2. The summed E-state index contributed by atoms with van der Waals surface area (Å²) in [6, 6.07) is 10.8. The van der Waals surface area contributed by atoms with E-state index in [4.69, 9.17) is 4.74 Å². The monoisotopic (exact) mass is 275 g/mol. The van der Waals surface area contributed by atoms with Gasteiger partial charge in [-0.25, -0.2) is 0 Å². The molecule has 0 saturated carbocycles. The Kier molecular flexibility index (Phi) is 5.60. The van der Waals surface area contributed by atoms with Crippen LogP contribution in [0.3, 0.4) is 0 Å². The predicted octanol–water partition coefficient (Wildman–Crippen LogP) is 3.38. The van der Waals surface area contributed by atoms with E-state index in [2.05, 4.69) is 29.2 Å². The smallest absolute Gasteiger partial charge is 0.307 e. The molecule has 1 aromatic rings. The second kappa shape index (κ2) is 7.44. The van der Waals surface area contributed by atoms with Gasteiger partial charge in [0.05, 0.1) is 12.5 Å². The Balaban J connectivity index is 1.93. The van der Waals surface area contributed by atoms with Crippen LogP contribution in [-0.4, -0.2) is 29.6 Å². The van der Waals surface area contributed by atoms with Gasteiger partial charge in [0.15, 0.2) is 0 Å². The van der Waals surface area contributed by atoms with Gasteiger partial charge in [-0.05, 0) is 38.8 Å². The van der Waals surface area contributed by atoms with Gasteiger partial charge in [-0.3, -0.25) is 9.69 Å². The van der Waals surface area contributed by atoms with Crippen LogP contribution in [0.5, 0.6) is 0 Å². The SMILES string of the molecule is CC(C)OC(=O)CC1CCCCN1Cc1ccccc1. The van der Waals surface area contributed by atoms with Gasteiger partial charge in [0.1, 0.15) is 0 Å². The predicted molar refractivity (Wildman–Crippen MR) is 80.3 cm³/mol. The molecule has 0 radical (unpaired) electrons. The number of nitrogens with zero attached hydrogens (tertiary/aromatic N) is 1. The molecule has 0 aromatic heterocycles. The van der Waals surface area contributed by atoms with Gasteiger partial charge in [0.2, 0.25) is 0 Å². The van der Waals surface area contributed by atoms with Crippen LogP contribution in [0.15, 0.2) is 30.3 Å². The first-order valence-corrected chi connectivity index (χ1v) is 7.62. The highest BCUT2D eigenvalue weighted by molar-refractivity contribution is 5.70. The Labute approximate surface area is 121 Å². The molecular weight excluding hydrogens is 250 g/mol. The van der Waals surface area contributed by atoms with Crippen LogP contribution in [0, 0.1) is 0 Å². The largest absolute Gasteiger partial charge is 0.463 e. The number of hydrogen-bond acceptors (Lipinski definition) is 3. The maximum atomic E-state index is 11.9. The summed E-state index contributed by atoms with van der Waals surface area (Å²) in [4.78, 5) is 14.3. The van der Waals surface area contributed by atoms with Gasteiger partial charge in [0, 0.05) is 12.6 Å². The van der Waals surface area contributed by atoms with Crippen LogP contribution in [-0.2, 0) is 16.1 Å². The maximum Gasteiger partial charge on any atom is 0.307 e. The number of rotatable bonds is 5. The number of piperidine rings is 1. The minimum Gasteiger partial charge on any atom is -0.463 e. The van der Waals surface area contributed by atoms with E-state index >= 15 is 0 Å². The van der Waals surface area contributed by atoms with Crippen LogP contribution in [0.2, 0.25) is 0 Å². The first-order valence-electron chi connectivity index (χ1n) is 7.62. The van der Waals surface area contributed by atoms with E-state index in [1.807, 2.05) is 19.9 Å². The Hall–Kier alpha value is -1.35. The summed E-state index contributed by atoms with van der Waals surface area (Å²) in [5.74, 6) is -0.0649. The highest BCUT2D eigenvalue weighted by atomic mass is 16.5. The number of esters is 1. The van der Waals surface area contributed by atoms with Gasteiger partial charge in [-0.15, -0.1) is 0 Å². The normalized spacial score (nSPS) is 20.1. The topological polar surface area (TPSA) is 29.5 Å². The third-order valence-electron chi connectivity index (χ3n) is 3.75. The molecule has 0 spiro atoms. The van der Waals surface area contributed by atoms with E-state index in [1.54, 1.807) is 0 Å². The molecule has 1 saturated heterocycles. The van der Waals surface area contributed by atoms with E-state index in [0.29, 0.717) is 12.5 Å². The van der Waals surface area contributed by atoms with Gasteiger partial charge in [-0.2, -0.15) is 0 Å². The Morgan fingerprint density at radius 1 is 1.30 bits per heavy atom. The molecule has 20 heavy (non-hydrogen) atoms. The third kappa shape index (κ3) is 4.64. The lowest BCUT2D eigenvalue weighted by Gasteiger charge is -2.35. The van der Waals surface area contributed by atoms with Crippen LogP contribution in [0.1, 0.15) is 45.1 Å². The number of benzene rings is 1. The van der Waals surface area contributed by atoms with E-state index in [1.165, 1.54) is 18.4 Å². The van der Waals surface area contributed by atoms with Crippen molar-refractivity contribution in [2.24, 2.45) is 0 Å². The summed E-state index contributed by atoms with van der Waals surface area (Å²) in [5.41, 5.74) is 1.32. The molecule has 2 rings (SSSR count). The average Bonchev–Trinajstić information content (AvgIpc) is 2.41. The molecule has 1 atom stereocenters. The number of carbonyl (C=O) groups is 1. The zero-order valence-electron chi connectivity index (χ0n) is 12.5. The van der Waals surface area contributed by atoms with Crippen molar-refractivity contribution in [2.45, 2.75) is 58.2 Å². The van der Waals surface area contributed by atoms with Gasteiger partial charge >= 0.3 is 5.97 Å². The highest BCUT2D eigenvalue weighted by Gasteiger charge is 2.25. The van der Waals surface area contributed by atoms with E-state index in [-0.39, 0.29) is 12.1 Å². The van der Waals surface area contributed by atoms with Crippen molar-refractivity contribution in [1.82, 2.24) is 4.90 Å². The van der Waals surface area contributed by atoms with Crippen LogP contribution in [0.25, 0.3) is 0 Å². The van der Waals surface area contributed by atoms with Crippen molar-refractivity contribution in [3.8, 4) is 0 Å². The van der Waals surface area contributed by atoms with Crippen molar-refractivity contribution < 1.29 is 9.53 Å². The molecule has 3 heteroatoms. The molecule has 0 amide bonds. The molecule has 1 heterocycles. The fraction of sp³-hybridized carbons (Fsp3) is 0.588. The lowest BCUT2D eigenvalue weighted by molar-refractivity contribution is -0.149.